The van der Waals surface area contributed by atoms with Gasteiger partial charge in [-0.2, -0.15) is 13.1 Å². The minimum Gasteiger partial charge on any atom is -0.395 e. The van der Waals surface area contributed by atoms with Crippen molar-refractivity contribution in [3.8, 4) is 11.8 Å². The van der Waals surface area contributed by atoms with E-state index < -0.39 is 15.8 Å². The molecule has 8 heteroatoms. The van der Waals surface area contributed by atoms with E-state index in [1.807, 2.05) is 0 Å². The zero-order valence-electron chi connectivity index (χ0n) is 10.1. The van der Waals surface area contributed by atoms with Gasteiger partial charge in [0.05, 0.1) is 6.61 Å². The smallest absolute Gasteiger partial charge is 0.350 e. The third kappa shape index (κ3) is 4.54. The Kier molecular flexibility index (Phi) is 5.87. The van der Waals surface area contributed by atoms with Crippen LogP contribution >= 0.6 is 11.3 Å². The standard InChI is InChI=1S/C11H13F2NO3S2/c1-14(19(16,17)11(12)13)7-10-6-9(8-18-10)4-2-3-5-15/h6,8,11,15H,3,5,7H2,1H3. The fourth-order valence-electron chi connectivity index (χ4n) is 1.20. The minimum absolute atomic E-state index is 0.0284. The van der Waals surface area contributed by atoms with E-state index in [1.165, 1.54) is 11.3 Å². The Labute approximate surface area is 114 Å². The molecular formula is C11H13F2NO3S2. The molecule has 0 spiro atoms. The first-order chi connectivity index (χ1) is 8.87. The molecule has 0 saturated heterocycles. The van der Waals surface area contributed by atoms with Crippen molar-refractivity contribution < 1.29 is 22.3 Å². The van der Waals surface area contributed by atoms with Gasteiger partial charge >= 0.3 is 5.76 Å². The van der Waals surface area contributed by atoms with Crippen LogP contribution < -0.4 is 0 Å². The molecule has 106 valence electrons. The molecule has 0 unspecified atom stereocenters. The summed E-state index contributed by atoms with van der Waals surface area (Å²) in [5.74, 6) is 2.09. The van der Waals surface area contributed by atoms with Crippen molar-refractivity contribution in [2.45, 2.75) is 18.7 Å². The molecule has 0 radical (unpaired) electrons. The van der Waals surface area contributed by atoms with Crippen LogP contribution in [-0.2, 0) is 16.6 Å². The van der Waals surface area contributed by atoms with Crippen LogP contribution in [0.15, 0.2) is 11.4 Å². The first-order valence-electron chi connectivity index (χ1n) is 5.28. The highest BCUT2D eigenvalue weighted by atomic mass is 32.2. The molecule has 0 saturated carbocycles. The zero-order chi connectivity index (χ0) is 14.5. The zero-order valence-corrected chi connectivity index (χ0v) is 11.8. The van der Waals surface area contributed by atoms with E-state index in [2.05, 4.69) is 11.8 Å². The Hall–Kier alpha value is -1.01. The molecule has 1 aromatic rings. The molecule has 0 fully saturated rings. The van der Waals surface area contributed by atoms with Gasteiger partial charge in [-0.3, -0.25) is 0 Å². The summed E-state index contributed by atoms with van der Waals surface area (Å²) in [6.07, 6.45) is 0.352. The van der Waals surface area contributed by atoms with Crippen molar-refractivity contribution in [3.05, 3.63) is 21.9 Å². The number of nitrogens with zero attached hydrogens (tertiary/aromatic N) is 1. The van der Waals surface area contributed by atoms with E-state index in [0.717, 1.165) is 7.05 Å². The SMILES string of the molecule is CN(Cc1cc(C#CCCO)cs1)S(=O)(=O)C(F)F. The lowest BCUT2D eigenvalue weighted by Gasteiger charge is -2.14. The molecule has 4 nitrogen and oxygen atoms in total. The third-order valence-corrected chi connectivity index (χ3v) is 4.53. The fourth-order valence-corrected chi connectivity index (χ4v) is 2.74. The summed E-state index contributed by atoms with van der Waals surface area (Å²) < 4.78 is 47.6. The van der Waals surface area contributed by atoms with Gasteiger partial charge in [0.1, 0.15) is 0 Å². The van der Waals surface area contributed by atoms with E-state index in [0.29, 0.717) is 21.2 Å². The normalized spacial score (nSPS) is 11.7. The molecule has 1 rings (SSSR count). The van der Waals surface area contributed by atoms with Crippen LogP contribution in [0.2, 0.25) is 0 Å². The van der Waals surface area contributed by atoms with E-state index in [9.17, 15) is 17.2 Å². The molecule has 1 heterocycles. The number of sulfonamides is 1. The molecule has 0 aromatic carbocycles. The Morgan fingerprint density at radius 2 is 2.21 bits per heavy atom. The Morgan fingerprint density at radius 3 is 2.79 bits per heavy atom. The molecule has 1 aromatic heterocycles. The second-order valence-corrected chi connectivity index (χ2v) is 6.64. The topological polar surface area (TPSA) is 57.6 Å². The number of alkyl halides is 2. The molecule has 0 aliphatic heterocycles. The largest absolute Gasteiger partial charge is 0.395 e. The maximum Gasteiger partial charge on any atom is 0.350 e. The van der Waals surface area contributed by atoms with Crippen molar-refractivity contribution in [3.63, 3.8) is 0 Å². The van der Waals surface area contributed by atoms with Gasteiger partial charge in [-0.15, -0.1) is 11.3 Å². The fraction of sp³-hybridized carbons (Fsp3) is 0.455. The molecule has 19 heavy (non-hydrogen) atoms. The van der Waals surface area contributed by atoms with Crippen LogP contribution in [0, 0.1) is 11.8 Å². The summed E-state index contributed by atoms with van der Waals surface area (Å²) in [5, 5.41) is 10.3. The lowest BCUT2D eigenvalue weighted by Crippen LogP contribution is -2.31. The van der Waals surface area contributed by atoms with Crippen LogP contribution in [0.1, 0.15) is 16.9 Å². The number of hydrogen-bond acceptors (Lipinski definition) is 4. The van der Waals surface area contributed by atoms with E-state index in [-0.39, 0.29) is 13.2 Å². The quantitative estimate of drug-likeness (QED) is 0.838. The van der Waals surface area contributed by atoms with Gasteiger partial charge in [-0.1, -0.05) is 11.8 Å². The Morgan fingerprint density at radius 1 is 1.53 bits per heavy atom. The van der Waals surface area contributed by atoms with Crippen molar-refractivity contribution in [2.75, 3.05) is 13.7 Å². The van der Waals surface area contributed by atoms with Crippen molar-refractivity contribution in [2.24, 2.45) is 0 Å². The summed E-state index contributed by atoms with van der Waals surface area (Å²) in [4.78, 5) is 0.625. The Balaban J connectivity index is 2.72. The second-order valence-electron chi connectivity index (χ2n) is 3.64. The molecule has 1 N–H and O–H groups in total. The molecule has 0 aliphatic carbocycles. The molecular weight excluding hydrogens is 296 g/mol. The number of aliphatic hydroxyl groups is 1. The average Bonchev–Trinajstić information content (AvgIpc) is 2.77. The van der Waals surface area contributed by atoms with Crippen molar-refractivity contribution in [1.29, 1.82) is 0 Å². The summed E-state index contributed by atoms with van der Waals surface area (Å²) in [6, 6.07) is 1.65. The van der Waals surface area contributed by atoms with Crippen LogP contribution in [0.25, 0.3) is 0 Å². The molecule has 0 amide bonds. The van der Waals surface area contributed by atoms with Gasteiger partial charge in [0.2, 0.25) is 0 Å². The van der Waals surface area contributed by atoms with Gasteiger partial charge in [0, 0.05) is 35.8 Å². The number of hydrogen-bond donors (Lipinski definition) is 1. The maximum absolute atomic E-state index is 12.3. The van der Waals surface area contributed by atoms with Crippen LogP contribution in [0.4, 0.5) is 8.78 Å². The van der Waals surface area contributed by atoms with Crippen molar-refractivity contribution in [1.82, 2.24) is 4.31 Å². The number of halogens is 2. The minimum atomic E-state index is -4.55. The monoisotopic (exact) mass is 309 g/mol. The summed E-state index contributed by atoms with van der Waals surface area (Å²) in [5.41, 5.74) is 0.677. The second kappa shape index (κ2) is 6.96. The van der Waals surface area contributed by atoms with Gasteiger partial charge in [-0.05, 0) is 6.07 Å². The number of thiophene rings is 1. The van der Waals surface area contributed by atoms with E-state index in [1.54, 1.807) is 11.4 Å². The first kappa shape index (κ1) is 16.0. The highest BCUT2D eigenvalue weighted by Gasteiger charge is 2.29. The van der Waals surface area contributed by atoms with Gasteiger partial charge in [0.15, 0.2) is 0 Å². The lowest BCUT2D eigenvalue weighted by molar-refractivity contribution is 0.222. The first-order valence-corrected chi connectivity index (χ1v) is 7.66. The van der Waals surface area contributed by atoms with Crippen molar-refractivity contribution >= 4 is 21.4 Å². The maximum atomic E-state index is 12.3. The highest BCUT2D eigenvalue weighted by Crippen LogP contribution is 2.19. The van der Waals surface area contributed by atoms with Gasteiger partial charge in [-0.25, -0.2) is 8.42 Å². The van der Waals surface area contributed by atoms with E-state index >= 15 is 0 Å². The molecule has 0 bridgehead atoms. The molecule has 0 atom stereocenters. The van der Waals surface area contributed by atoms with Crippen LogP contribution in [-0.4, -0.2) is 37.2 Å². The van der Waals surface area contributed by atoms with Crippen LogP contribution in [0.3, 0.4) is 0 Å². The number of rotatable bonds is 5. The predicted octanol–water partition coefficient (Wildman–Crippen LogP) is 1.47. The predicted molar refractivity (Wildman–Crippen MR) is 69.3 cm³/mol. The summed E-state index contributed by atoms with van der Waals surface area (Å²) in [6.45, 7) is -0.140. The molecule has 0 aliphatic rings. The van der Waals surface area contributed by atoms with Gasteiger partial charge < -0.3 is 5.11 Å². The third-order valence-electron chi connectivity index (χ3n) is 2.16. The number of aliphatic hydroxyl groups excluding tert-OH is 1. The summed E-state index contributed by atoms with van der Waals surface area (Å²) in [7, 11) is -3.44. The van der Waals surface area contributed by atoms with E-state index in [4.69, 9.17) is 5.11 Å². The van der Waals surface area contributed by atoms with Gasteiger partial charge in [0.25, 0.3) is 10.0 Å². The summed E-state index contributed by atoms with van der Waals surface area (Å²) >= 11 is 1.25. The Bertz CT molecular complexity index is 572. The van der Waals surface area contributed by atoms with Crippen LogP contribution in [0.5, 0.6) is 0 Å². The highest BCUT2D eigenvalue weighted by molar-refractivity contribution is 7.89. The lowest BCUT2D eigenvalue weighted by atomic mass is 10.3. The average molecular weight is 309 g/mol.